The Bertz CT molecular complexity index is 109. The van der Waals surface area contributed by atoms with Crippen LogP contribution in [0.25, 0.3) is 0 Å². The Balaban J connectivity index is 0. The maximum absolute atomic E-state index is 9.66. The predicted octanol–water partition coefficient (Wildman–Crippen LogP) is -5.34. The van der Waals surface area contributed by atoms with E-state index >= 15 is 0 Å². The quantitative estimate of drug-likeness (QED) is 0.378. The molecule has 0 spiro atoms. The molecule has 4 nitrogen and oxygen atoms in total. The number of carbonyl (C=O) groups excluding carboxylic acids is 2. The molecule has 0 fully saturated rings. The molecule has 0 saturated heterocycles. The van der Waals surface area contributed by atoms with Crippen LogP contribution in [-0.2, 0) is 9.59 Å². The van der Waals surface area contributed by atoms with Gasteiger partial charge in [-0.2, -0.15) is 0 Å². The maximum Gasteiger partial charge on any atom is 1.00 e. The van der Waals surface area contributed by atoms with Crippen molar-refractivity contribution in [3.05, 3.63) is 0 Å². The van der Waals surface area contributed by atoms with Crippen LogP contribution >= 0.6 is 0 Å². The van der Waals surface area contributed by atoms with Gasteiger partial charge in [0.05, 0.1) is 0 Å². The van der Waals surface area contributed by atoms with Crippen molar-refractivity contribution < 1.29 is 49.4 Å². The van der Waals surface area contributed by atoms with Crippen LogP contribution in [0.5, 0.6) is 0 Å². The SMILES string of the molecule is O=C([O-])CCCC(=O)[O-].[Na+]. The van der Waals surface area contributed by atoms with Gasteiger partial charge in [-0.3, -0.25) is 0 Å². The minimum absolute atomic E-state index is 0. The molecule has 0 amide bonds. The number of carboxylic acid groups (broad SMARTS) is 2. The summed E-state index contributed by atoms with van der Waals surface area (Å²) in [6, 6.07) is 0. The van der Waals surface area contributed by atoms with E-state index in [1.807, 2.05) is 0 Å². The summed E-state index contributed by atoms with van der Waals surface area (Å²) in [6.07, 6.45) is -0.341. The second-order valence-corrected chi connectivity index (χ2v) is 1.60. The molecule has 0 aliphatic carbocycles. The first kappa shape index (κ1) is 12.6. The van der Waals surface area contributed by atoms with E-state index in [0.29, 0.717) is 0 Å². The minimum Gasteiger partial charge on any atom is -0.550 e. The fourth-order valence-electron chi connectivity index (χ4n) is 0.377. The number of rotatable bonds is 4. The first-order chi connectivity index (χ1) is 4.13. The van der Waals surface area contributed by atoms with Gasteiger partial charge in [-0.05, 0) is 19.3 Å². The molecular formula is C5H6NaO4-. The van der Waals surface area contributed by atoms with Crippen LogP contribution in [0.2, 0.25) is 0 Å². The molecule has 0 bridgehead atoms. The predicted molar refractivity (Wildman–Crippen MR) is 23.9 cm³/mol. The van der Waals surface area contributed by atoms with E-state index in [1.165, 1.54) is 0 Å². The van der Waals surface area contributed by atoms with Crippen molar-refractivity contribution in [1.82, 2.24) is 0 Å². The van der Waals surface area contributed by atoms with E-state index in [9.17, 15) is 19.8 Å². The smallest absolute Gasteiger partial charge is 0.550 e. The van der Waals surface area contributed by atoms with Crippen LogP contribution in [0, 0.1) is 0 Å². The van der Waals surface area contributed by atoms with Crippen molar-refractivity contribution in [3.63, 3.8) is 0 Å². The summed E-state index contributed by atoms with van der Waals surface area (Å²) < 4.78 is 0. The molecule has 0 aromatic rings. The van der Waals surface area contributed by atoms with Gasteiger partial charge in [-0.25, -0.2) is 0 Å². The Kier molecular flexibility index (Phi) is 8.89. The molecule has 0 atom stereocenters. The third-order valence-corrected chi connectivity index (χ3v) is 0.762. The molecule has 0 aliphatic rings. The summed E-state index contributed by atoms with van der Waals surface area (Å²) in [5.74, 6) is -2.45. The third kappa shape index (κ3) is 10.8. The monoisotopic (exact) mass is 153 g/mol. The fourth-order valence-corrected chi connectivity index (χ4v) is 0.377. The van der Waals surface area contributed by atoms with Crippen molar-refractivity contribution in [1.29, 1.82) is 0 Å². The summed E-state index contributed by atoms with van der Waals surface area (Å²) in [5, 5.41) is 19.3. The zero-order chi connectivity index (χ0) is 7.28. The second-order valence-electron chi connectivity index (χ2n) is 1.60. The molecule has 0 saturated carbocycles. The zero-order valence-electron chi connectivity index (χ0n) is 5.75. The maximum atomic E-state index is 9.66. The topological polar surface area (TPSA) is 80.3 Å². The molecule has 0 rings (SSSR count). The van der Waals surface area contributed by atoms with Gasteiger partial charge >= 0.3 is 29.6 Å². The van der Waals surface area contributed by atoms with Gasteiger partial charge in [0.25, 0.3) is 0 Å². The van der Waals surface area contributed by atoms with E-state index in [4.69, 9.17) is 0 Å². The molecule has 0 radical (unpaired) electrons. The standard InChI is InChI=1S/C5H8O4.Na/c6-4(7)2-1-3-5(8)9;/h1-3H2,(H,6,7)(H,8,9);/q;+1/p-2. The van der Waals surface area contributed by atoms with Crippen molar-refractivity contribution >= 4 is 11.9 Å². The molecule has 5 heteroatoms. The van der Waals surface area contributed by atoms with Gasteiger partial charge < -0.3 is 19.8 Å². The van der Waals surface area contributed by atoms with Gasteiger partial charge in [-0.1, -0.05) is 0 Å². The molecule has 0 aliphatic heterocycles. The van der Waals surface area contributed by atoms with Gasteiger partial charge in [-0.15, -0.1) is 0 Å². The first-order valence-electron chi connectivity index (χ1n) is 2.52. The van der Waals surface area contributed by atoms with Crippen LogP contribution in [0.3, 0.4) is 0 Å². The summed E-state index contributed by atoms with van der Waals surface area (Å²) in [7, 11) is 0. The van der Waals surface area contributed by atoms with Crippen molar-refractivity contribution in [2.75, 3.05) is 0 Å². The molecular weight excluding hydrogens is 147 g/mol. The largest absolute Gasteiger partial charge is 1.00 e. The molecule has 10 heavy (non-hydrogen) atoms. The number of hydrogen-bond donors (Lipinski definition) is 0. The molecule has 0 aromatic heterocycles. The average molecular weight is 153 g/mol. The molecule has 0 unspecified atom stereocenters. The van der Waals surface area contributed by atoms with Crippen molar-refractivity contribution in [2.24, 2.45) is 0 Å². The summed E-state index contributed by atoms with van der Waals surface area (Å²) in [6.45, 7) is 0. The number of hydrogen-bond acceptors (Lipinski definition) is 4. The molecule has 0 aromatic carbocycles. The van der Waals surface area contributed by atoms with E-state index in [0.717, 1.165) is 0 Å². The number of carboxylic acids is 2. The molecule has 0 N–H and O–H groups in total. The van der Waals surface area contributed by atoms with Crippen LogP contribution in [0.4, 0.5) is 0 Å². The van der Waals surface area contributed by atoms with Crippen LogP contribution in [-0.4, -0.2) is 11.9 Å². The Hall–Kier alpha value is -0.0600. The fraction of sp³-hybridized carbons (Fsp3) is 0.600. The van der Waals surface area contributed by atoms with Crippen LogP contribution < -0.4 is 39.8 Å². The van der Waals surface area contributed by atoms with E-state index in [2.05, 4.69) is 0 Å². The molecule has 52 valence electrons. The average Bonchev–Trinajstić information content (AvgIpc) is 1.63. The summed E-state index contributed by atoms with van der Waals surface area (Å²) in [5.41, 5.74) is 0. The van der Waals surface area contributed by atoms with Gasteiger partial charge in [0, 0.05) is 11.9 Å². The van der Waals surface area contributed by atoms with E-state index in [1.54, 1.807) is 0 Å². The summed E-state index contributed by atoms with van der Waals surface area (Å²) in [4.78, 5) is 19.3. The van der Waals surface area contributed by atoms with E-state index in [-0.39, 0.29) is 48.8 Å². The second kappa shape index (κ2) is 7.05. The Morgan fingerprint density at radius 2 is 1.30 bits per heavy atom. The Morgan fingerprint density at radius 3 is 1.50 bits per heavy atom. The van der Waals surface area contributed by atoms with Crippen molar-refractivity contribution in [2.45, 2.75) is 19.3 Å². The zero-order valence-corrected chi connectivity index (χ0v) is 7.75. The summed E-state index contributed by atoms with van der Waals surface area (Å²) >= 11 is 0. The number of aliphatic carboxylic acids is 2. The molecule has 0 heterocycles. The van der Waals surface area contributed by atoms with Gasteiger partial charge in [0.1, 0.15) is 0 Å². The van der Waals surface area contributed by atoms with Crippen LogP contribution in [0.1, 0.15) is 19.3 Å². The minimum atomic E-state index is -1.23. The van der Waals surface area contributed by atoms with Crippen LogP contribution in [0.15, 0.2) is 0 Å². The van der Waals surface area contributed by atoms with Crippen molar-refractivity contribution in [3.8, 4) is 0 Å². The Labute approximate surface area is 80.5 Å². The normalized spacial score (nSPS) is 8.00. The first-order valence-corrected chi connectivity index (χ1v) is 2.52. The van der Waals surface area contributed by atoms with Gasteiger partial charge in [0.15, 0.2) is 0 Å². The third-order valence-electron chi connectivity index (χ3n) is 0.762. The Morgan fingerprint density at radius 1 is 1.00 bits per heavy atom. The van der Waals surface area contributed by atoms with E-state index < -0.39 is 11.9 Å². The number of carbonyl (C=O) groups is 2. The van der Waals surface area contributed by atoms with Gasteiger partial charge in [0.2, 0.25) is 0 Å².